The van der Waals surface area contributed by atoms with E-state index in [2.05, 4.69) is 26.8 Å². The highest BCUT2D eigenvalue weighted by Gasteiger charge is 2.07. The third-order valence-corrected chi connectivity index (χ3v) is 3.05. The molecule has 0 saturated carbocycles. The lowest BCUT2D eigenvalue weighted by atomic mass is 10.3. The molecule has 20 heavy (non-hydrogen) atoms. The number of rotatable bonds is 7. The van der Waals surface area contributed by atoms with E-state index in [9.17, 15) is 0 Å². The Balaban J connectivity index is 2.08. The molecule has 2 heterocycles. The number of ether oxygens (including phenoxy) is 1. The van der Waals surface area contributed by atoms with Gasteiger partial charge in [-0.15, -0.1) is 0 Å². The van der Waals surface area contributed by atoms with Crippen molar-refractivity contribution in [3.05, 3.63) is 41.7 Å². The van der Waals surface area contributed by atoms with Crippen molar-refractivity contribution in [2.45, 2.75) is 40.0 Å². The van der Waals surface area contributed by atoms with Crippen molar-refractivity contribution in [2.24, 2.45) is 0 Å². The average Bonchev–Trinajstić information content (AvgIpc) is 2.86. The highest BCUT2D eigenvalue weighted by molar-refractivity contribution is 5.29. The van der Waals surface area contributed by atoms with Crippen LogP contribution < -0.4 is 10.1 Å². The number of nitrogens with one attached hydrogen (secondary N) is 1. The Kier molecular flexibility index (Phi) is 5.12. The molecule has 5 nitrogen and oxygen atoms in total. The Bertz CT molecular complexity index is 551. The Morgan fingerprint density at radius 3 is 2.95 bits per heavy atom. The van der Waals surface area contributed by atoms with E-state index in [4.69, 9.17) is 4.74 Å². The first-order valence-corrected chi connectivity index (χ1v) is 6.97. The van der Waals surface area contributed by atoms with Gasteiger partial charge in [-0.1, -0.05) is 6.92 Å². The van der Waals surface area contributed by atoms with Crippen LogP contribution in [0.3, 0.4) is 0 Å². The molecule has 2 rings (SSSR count). The van der Waals surface area contributed by atoms with Gasteiger partial charge < -0.3 is 14.6 Å². The fourth-order valence-corrected chi connectivity index (χ4v) is 2.09. The van der Waals surface area contributed by atoms with Crippen LogP contribution in [0.1, 0.15) is 30.4 Å². The Morgan fingerprint density at radius 1 is 1.35 bits per heavy atom. The standard InChI is InChI=1S/C15H22N4O/c1-4-7-19-11-17-8-13(19)10-20-15-6-5-12(2)18-14(15)9-16-3/h5-6,8,11,16H,4,7,9-10H2,1-3H3. The van der Waals surface area contributed by atoms with Crippen LogP contribution in [-0.2, 0) is 19.7 Å². The second-order valence-corrected chi connectivity index (χ2v) is 4.79. The normalized spacial score (nSPS) is 10.8. The van der Waals surface area contributed by atoms with Crippen molar-refractivity contribution in [3.8, 4) is 5.75 Å². The van der Waals surface area contributed by atoms with E-state index in [1.807, 2.05) is 38.6 Å². The number of nitrogens with zero attached hydrogens (tertiary/aromatic N) is 3. The minimum absolute atomic E-state index is 0.515. The second kappa shape index (κ2) is 7.05. The molecule has 2 aromatic rings. The number of hydrogen-bond acceptors (Lipinski definition) is 4. The number of pyridine rings is 1. The molecular weight excluding hydrogens is 252 g/mol. The zero-order valence-corrected chi connectivity index (χ0v) is 12.4. The van der Waals surface area contributed by atoms with Gasteiger partial charge in [0.25, 0.3) is 0 Å². The van der Waals surface area contributed by atoms with E-state index in [0.717, 1.165) is 35.8 Å². The molecule has 0 aromatic carbocycles. The van der Waals surface area contributed by atoms with Gasteiger partial charge >= 0.3 is 0 Å². The topological polar surface area (TPSA) is 52.0 Å². The van der Waals surface area contributed by atoms with Gasteiger partial charge in [-0.05, 0) is 32.5 Å². The van der Waals surface area contributed by atoms with Crippen LogP contribution in [0.15, 0.2) is 24.7 Å². The first kappa shape index (κ1) is 14.5. The molecule has 1 N–H and O–H groups in total. The molecule has 2 aromatic heterocycles. The van der Waals surface area contributed by atoms with Crippen LogP contribution in [-0.4, -0.2) is 21.6 Å². The van der Waals surface area contributed by atoms with E-state index < -0.39 is 0 Å². The largest absolute Gasteiger partial charge is 0.485 e. The lowest BCUT2D eigenvalue weighted by Crippen LogP contribution is -2.11. The molecule has 0 saturated heterocycles. The van der Waals surface area contributed by atoms with Gasteiger partial charge in [0.05, 0.1) is 23.9 Å². The molecule has 0 unspecified atom stereocenters. The predicted octanol–water partition coefficient (Wildman–Crippen LogP) is 2.29. The van der Waals surface area contributed by atoms with E-state index >= 15 is 0 Å². The molecule has 5 heteroatoms. The molecule has 0 fully saturated rings. The molecule has 0 aliphatic rings. The van der Waals surface area contributed by atoms with Crippen LogP contribution in [0.5, 0.6) is 5.75 Å². The summed E-state index contributed by atoms with van der Waals surface area (Å²) in [7, 11) is 1.91. The van der Waals surface area contributed by atoms with Crippen LogP contribution in [0.25, 0.3) is 0 Å². The van der Waals surface area contributed by atoms with E-state index in [0.29, 0.717) is 13.2 Å². The van der Waals surface area contributed by atoms with Crippen LogP contribution in [0.4, 0.5) is 0 Å². The molecule has 108 valence electrons. The minimum atomic E-state index is 0.515. The summed E-state index contributed by atoms with van der Waals surface area (Å²) in [6.07, 6.45) is 4.79. The first-order chi connectivity index (χ1) is 9.74. The third kappa shape index (κ3) is 3.57. The summed E-state index contributed by atoms with van der Waals surface area (Å²) in [6.45, 7) is 6.32. The van der Waals surface area contributed by atoms with E-state index in [-0.39, 0.29) is 0 Å². The number of imidazole rings is 1. The maximum Gasteiger partial charge on any atom is 0.142 e. The molecular formula is C15H22N4O. The molecule has 0 atom stereocenters. The molecule has 0 bridgehead atoms. The van der Waals surface area contributed by atoms with E-state index in [1.165, 1.54) is 0 Å². The van der Waals surface area contributed by atoms with Crippen molar-refractivity contribution in [3.63, 3.8) is 0 Å². The van der Waals surface area contributed by atoms with Gasteiger partial charge in [-0.25, -0.2) is 4.98 Å². The van der Waals surface area contributed by atoms with Crippen molar-refractivity contribution in [1.29, 1.82) is 0 Å². The summed E-state index contributed by atoms with van der Waals surface area (Å²) in [5.74, 6) is 0.828. The minimum Gasteiger partial charge on any atom is -0.485 e. The highest BCUT2D eigenvalue weighted by atomic mass is 16.5. The summed E-state index contributed by atoms with van der Waals surface area (Å²) < 4.78 is 8.04. The fourth-order valence-electron chi connectivity index (χ4n) is 2.09. The lowest BCUT2D eigenvalue weighted by molar-refractivity contribution is 0.289. The number of aryl methyl sites for hydroxylation is 2. The van der Waals surface area contributed by atoms with Crippen molar-refractivity contribution in [1.82, 2.24) is 19.9 Å². The smallest absolute Gasteiger partial charge is 0.142 e. The zero-order chi connectivity index (χ0) is 14.4. The van der Waals surface area contributed by atoms with E-state index in [1.54, 1.807) is 0 Å². The van der Waals surface area contributed by atoms with Gasteiger partial charge in [-0.2, -0.15) is 0 Å². The first-order valence-electron chi connectivity index (χ1n) is 6.97. The quantitative estimate of drug-likeness (QED) is 0.841. The Hall–Kier alpha value is -1.88. The zero-order valence-electron chi connectivity index (χ0n) is 12.4. The highest BCUT2D eigenvalue weighted by Crippen LogP contribution is 2.18. The summed E-state index contributed by atoms with van der Waals surface area (Å²) in [5.41, 5.74) is 3.02. The van der Waals surface area contributed by atoms with Gasteiger partial charge in [0.1, 0.15) is 12.4 Å². The number of aromatic nitrogens is 3. The molecule has 0 spiro atoms. The summed E-state index contributed by atoms with van der Waals surface area (Å²) in [4.78, 5) is 8.69. The van der Waals surface area contributed by atoms with Crippen LogP contribution >= 0.6 is 0 Å². The predicted molar refractivity (Wildman–Crippen MR) is 78.6 cm³/mol. The fraction of sp³-hybridized carbons (Fsp3) is 0.467. The summed E-state index contributed by atoms with van der Waals surface area (Å²) in [6, 6.07) is 3.95. The average molecular weight is 274 g/mol. The van der Waals surface area contributed by atoms with Gasteiger partial charge in [0, 0.05) is 18.8 Å². The maximum atomic E-state index is 5.91. The Labute approximate surface area is 120 Å². The third-order valence-electron chi connectivity index (χ3n) is 3.05. The molecule has 0 radical (unpaired) electrons. The number of hydrogen-bond donors (Lipinski definition) is 1. The van der Waals surface area contributed by atoms with Crippen molar-refractivity contribution >= 4 is 0 Å². The molecule has 0 aliphatic heterocycles. The second-order valence-electron chi connectivity index (χ2n) is 4.79. The van der Waals surface area contributed by atoms with Gasteiger partial charge in [-0.3, -0.25) is 4.98 Å². The van der Waals surface area contributed by atoms with Crippen LogP contribution in [0, 0.1) is 6.92 Å². The lowest BCUT2D eigenvalue weighted by Gasteiger charge is -2.12. The maximum absolute atomic E-state index is 5.91. The summed E-state index contributed by atoms with van der Waals surface area (Å²) >= 11 is 0. The SMILES string of the molecule is CCCn1cncc1COc1ccc(C)nc1CNC. The molecule has 0 amide bonds. The molecule has 0 aliphatic carbocycles. The van der Waals surface area contributed by atoms with Gasteiger partial charge in [0.2, 0.25) is 0 Å². The van der Waals surface area contributed by atoms with Crippen molar-refractivity contribution in [2.75, 3.05) is 7.05 Å². The van der Waals surface area contributed by atoms with Crippen LogP contribution in [0.2, 0.25) is 0 Å². The van der Waals surface area contributed by atoms with Crippen molar-refractivity contribution < 1.29 is 4.74 Å². The summed E-state index contributed by atoms with van der Waals surface area (Å²) in [5, 5.41) is 3.12. The van der Waals surface area contributed by atoms with Gasteiger partial charge in [0.15, 0.2) is 0 Å². The Morgan fingerprint density at radius 2 is 2.20 bits per heavy atom. The monoisotopic (exact) mass is 274 g/mol.